The molecule has 2 rings (SSSR count). The second-order valence-corrected chi connectivity index (χ2v) is 4.86. The number of nitrogens with zero attached hydrogens (tertiary/aromatic N) is 3. The zero-order valence-corrected chi connectivity index (χ0v) is 11.2. The maximum atomic E-state index is 9.19. The van der Waals surface area contributed by atoms with E-state index in [2.05, 4.69) is 20.2 Å². The molecule has 2 heterocycles. The normalized spacial score (nSPS) is 19.2. The van der Waals surface area contributed by atoms with Crippen molar-refractivity contribution < 1.29 is 5.11 Å². The Morgan fingerprint density at radius 2 is 2.28 bits per heavy atom. The van der Waals surface area contributed by atoms with Gasteiger partial charge in [-0.05, 0) is 33.2 Å². The van der Waals surface area contributed by atoms with Gasteiger partial charge < -0.3 is 15.3 Å². The molecule has 0 saturated carbocycles. The van der Waals surface area contributed by atoms with Gasteiger partial charge in [0.2, 0.25) is 0 Å². The molecule has 100 valence electrons. The number of anilines is 1. The van der Waals surface area contributed by atoms with Gasteiger partial charge in [0, 0.05) is 19.1 Å². The van der Waals surface area contributed by atoms with Crippen LogP contribution in [-0.4, -0.2) is 47.4 Å². The lowest BCUT2D eigenvalue weighted by molar-refractivity contribution is 0.300. The first-order chi connectivity index (χ1) is 8.70. The van der Waals surface area contributed by atoms with Crippen LogP contribution in [-0.2, 0) is 0 Å². The van der Waals surface area contributed by atoms with Crippen LogP contribution in [0.3, 0.4) is 0 Å². The average molecular weight is 250 g/mol. The van der Waals surface area contributed by atoms with Gasteiger partial charge in [0.1, 0.15) is 5.82 Å². The number of rotatable bonds is 5. The van der Waals surface area contributed by atoms with E-state index in [1.165, 1.54) is 12.8 Å². The van der Waals surface area contributed by atoms with E-state index in [9.17, 15) is 5.11 Å². The second kappa shape index (κ2) is 6.11. The Bertz CT molecular complexity index is 391. The van der Waals surface area contributed by atoms with Crippen molar-refractivity contribution in [2.45, 2.75) is 32.7 Å². The number of hydrogen-bond donors (Lipinski definition) is 2. The van der Waals surface area contributed by atoms with E-state index < -0.39 is 0 Å². The second-order valence-electron chi connectivity index (χ2n) is 4.86. The third-order valence-electron chi connectivity index (χ3n) is 3.48. The topological polar surface area (TPSA) is 61.3 Å². The molecule has 0 aliphatic carbocycles. The lowest BCUT2D eigenvalue weighted by atomic mass is 10.2. The van der Waals surface area contributed by atoms with Crippen LogP contribution in [0.25, 0.3) is 0 Å². The molecular formula is C13H22N4O. The Labute approximate surface area is 108 Å². The van der Waals surface area contributed by atoms with Gasteiger partial charge in [0.05, 0.1) is 24.2 Å². The lowest BCUT2D eigenvalue weighted by Gasteiger charge is -2.26. The molecule has 5 nitrogen and oxygen atoms in total. The van der Waals surface area contributed by atoms with Crippen LogP contribution in [0, 0.1) is 13.8 Å². The summed E-state index contributed by atoms with van der Waals surface area (Å²) >= 11 is 0. The highest BCUT2D eigenvalue weighted by atomic mass is 16.3. The Kier molecular flexibility index (Phi) is 4.49. The molecule has 0 bridgehead atoms. The fourth-order valence-corrected chi connectivity index (χ4v) is 2.28. The standard InChI is InChI=1S/C13H22N4O/c1-10-11(2)16-13(8-15-10)17(6-7-18)9-12-4-3-5-14-12/h8,12,14,18H,3-7,9H2,1-2H3. The summed E-state index contributed by atoms with van der Waals surface area (Å²) in [7, 11) is 0. The van der Waals surface area contributed by atoms with Gasteiger partial charge in [-0.1, -0.05) is 0 Å². The summed E-state index contributed by atoms with van der Waals surface area (Å²) in [6.45, 7) is 6.66. The van der Waals surface area contributed by atoms with Crippen molar-refractivity contribution in [2.75, 3.05) is 31.1 Å². The Balaban J connectivity index is 2.09. The van der Waals surface area contributed by atoms with Crippen molar-refractivity contribution in [3.8, 4) is 0 Å². The third-order valence-corrected chi connectivity index (χ3v) is 3.48. The molecule has 18 heavy (non-hydrogen) atoms. The van der Waals surface area contributed by atoms with Gasteiger partial charge in [-0.25, -0.2) is 4.98 Å². The van der Waals surface area contributed by atoms with Crippen molar-refractivity contribution in [3.05, 3.63) is 17.6 Å². The molecule has 1 aromatic rings. The maximum absolute atomic E-state index is 9.19. The number of aromatic nitrogens is 2. The van der Waals surface area contributed by atoms with Crippen molar-refractivity contribution >= 4 is 5.82 Å². The van der Waals surface area contributed by atoms with Gasteiger partial charge in [-0.2, -0.15) is 0 Å². The summed E-state index contributed by atoms with van der Waals surface area (Å²) in [5.41, 5.74) is 1.91. The molecule has 0 radical (unpaired) electrons. The number of aliphatic hydroxyl groups is 1. The number of aliphatic hydroxyl groups excluding tert-OH is 1. The number of aryl methyl sites for hydroxylation is 2. The van der Waals surface area contributed by atoms with E-state index >= 15 is 0 Å². The minimum Gasteiger partial charge on any atom is -0.395 e. The summed E-state index contributed by atoms with van der Waals surface area (Å²) in [4.78, 5) is 11.0. The van der Waals surface area contributed by atoms with Crippen molar-refractivity contribution in [1.82, 2.24) is 15.3 Å². The van der Waals surface area contributed by atoms with E-state index in [0.29, 0.717) is 12.6 Å². The maximum Gasteiger partial charge on any atom is 0.147 e. The first-order valence-electron chi connectivity index (χ1n) is 6.60. The molecule has 1 unspecified atom stereocenters. The summed E-state index contributed by atoms with van der Waals surface area (Å²) in [6, 6.07) is 0.500. The van der Waals surface area contributed by atoms with E-state index in [1.54, 1.807) is 6.20 Å². The summed E-state index contributed by atoms with van der Waals surface area (Å²) in [5.74, 6) is 0.862. The van der Waals surface area contributed by atoms with Gasteiger partial charge in [0.25, 0.3) is 0 Å². The number of hydrogen-bond acceptors (Lipinski definition) is 5. The predicted octanol–water partition coefficient (Wildman–Crippen LogP) is 0.644. The highest BCUT2D eigenvalue weighted by Gasteiger charge is 2.19. The minimum atomic E-state index is 0.140. The monoisotopic (exact) mass is 250 g/mol. The molecule has 5 heteroatoms. The van der Waals surface area contributed by atoms with Crippen LogP contribution >= 0.6 is 0 Å². The van der Waals surface area contributed by atoms with E-state index in [1.807, 2.05) is 13.8 Å². The van der Waals surface area contributed by atoms with Gasteiger partial charge in [-0.15, -0.1) is 0 Å². The predicted molar refractivity (Wildman–Crippen MR) is 71.8 cm³/mol. The molecule has 0 spiro atoms. The Morgan fingerprint density at radius 3 is 2.89 bits per heavy atom. The molecule has 1 aliphatic heterocycles. The molecule has 1 aromatic heterocycles. The molecule has 2 N–H and O–H groups in total. The lowest BCUT2D eigenvalue weighted by Crippen LogP contribution is -2.39. The van der Waals surface area contributed by atoms with Crippen molar-refractivity contribution in [2.24, 2.45) is 0 Å². The SMILES string of the molecule is Cc1ncc(N(CCO)CC2CCCN2)nc1C. The highest BCUT2D eigenvalue weighted by molar-refractivity contribution is 5.37. The molecule has 1 fully saturated rings. The largest absolute Gasteiger partial charge is 0.395 e. The zero-order valence-electron chi connectivity index (χ0n) is 11.2. The van der Waals surface area contributed by atoms with Gasteiger partial charge >= 0.3 is 0 Å². The zero-order chi connectivity index (χ0) is 13.0. The highest BCUT2D eigenvalue weighted by Crippen LogP contribution is 2.14. The van der Waals surface area contributed by atoms with Crippen molar-refractivity contribution in [1.29, 1.82) is 0 Å². The Morgan fingerprint density at radius 1 is 1.44 bits per heavy atom. The minimum absolute atomic E-state index is 0.140. The molecule has 0 aromatic carbocycles. The van der Waals surface area contributed by atoms with Crippen LogP contribution in [0.15, 0.2) is 6.20 Å². The quantitative estimate of drug-likeness (QED) is 0.803. The van der Waals surface area contributed by atoms with Crippen LogP contribution in [0.1, 0.15) is 24.2 Å². The summed E-state index contributed by atoms with van der Waals surface area (Å²) < 4.78 is 0. The molecule has 1 aliphatic rings. The van der Waals surface area contributed by atoms with Crippen LogP contribution in [0.2, 0.25) is 0 Å². The fraction of sp³-hybridized carbons (Fsp3) is 0.692. The average Bonchev–Trinajstić information content (AvgIpc) is 2.85. The first kappa shape index (κ1) is 13.2. The summed E-state index contributed by atoms with van der Waals surface area (Å²) in [6.07, 6.45) is 4.23. The smallest absolute Gasteiger partial charge is 0.147 e. The van der Waals surface area contributed by atoms with Crippen LogP contribution in [0.5, 0.6) is 0 Å². The van der Waals surface area contributed by atoms with Gasteiger partial charge in [0.15, 0.2) is 0 Å². The molecular weight excluding hydrogens is 228 g/mol. The summed E-state index contributed by atoms with van der Waals surface area (Å²) in [5, 5.41) is 12.7. The third kappa shape index (κ3) is 3.17. The van der Waals surface area contributed by atoms with E-state index in [0.717, 1.165) is 30.3 Å². The van der Waals surface area contributed by atoms with E-state index in [-0.39, 0.29) is 6.61 Å². The van der Waals surface area contributed by atoms with Gasteiger partial charge in [-0.3, -0.25) is 4.98 Å². The first-order valence-corrected chi connectivity index (χ1v) is 6.60. The molecule has 1 atom stereocenters. The Hall–Kier alpha value is -1.20. The van der Waals surface area contributed by atoms with E-state index in [4.69, 9.17) is 0 Å². The fourth-order valence-electron chi connectivity index (χ4n) is 2.28. The van der Waals surface area contributed by atoms with Crippen molar-refractivity contribution in [3.63, 3.8) is 0 Å². The van der Waals surface area contributed by atoms with Crippen LogP contribution < -0.4 is 10.2 Å². The molecule has 0 amide bonds. The number of nitrogens with one attached hydrogen (secondary N) is 1. The molecule has 1 saturated heterocycles. The van der Waals surface area contributed by atoms with Crippen LogP contribution in [0.4, 0.5) is 5.82 Å².